The highest BCUT2D eigenvalue weighted by atomic mass is 16.1. The molecule has 0 saturated carbocycles. The molecule has 23 heavy (non-hydrogen) atoms. The third kappa shape index (κ3) is 6.68. The Morgan fingerprint density at radius 1 is 0.826 bits per heavy atom. The number of hydrogen-bond donors (Lipinski definition) is 1. The molecule has 0 radical (unpaired) electrons. The van der Waals surface area contributed by atoms with Crippen LogP contribution in [0.5, 0.6) is 0 Å². The molecule has 0 heterocycles. The minimum Gasteiger partial charge on any atom is -0.326 e. The summed E-state index contributed by atoms with van der Waals surface area (Å²) in [7, 11) is 0. The minimum absolute atomic E-state index is 0.123. The van der Waals surface area contributed by atoms with E-state index < -0.39 is 0 Å². The number of hydrogen-bond acceptors (Lipinski definition) is 1. The predicted molar refractivity (Wildman–Crippen MR) is 97.7 cm³/mol. The SMILES string of the molecule is CCCCCCCC(=O)Nc1ccc(Cc2ccccc2)cc1. The maximum absolute atomic E-state index is 11.9. The van der Waals surface area contributed by atoms with Crippen molar-refractivity contribution in [2.24, 2.45) is 0 Å². The van der Waals surface area contributed by atoms with Gasteiger partial charge >= 0.3 is 0 Å². The van der Waals surface area contributed by atoms with Crippen molar-refractivity contribution in [1.82, 2.24) is 0 Å². The lowest BCUT2D eigenvalue weighted by Gasteiger charge is -2.07. The van der Waals surface area contributed by atoms with E-state index in [-0.39, 0.29) is 5.91 Å². The normalized spacial score (nSPS) is 10.5. The average molecular weight is 309 g/mol. The van der Waals surface area contributed by atoms with Gasteiger partial charge in [-0.05, 0) is 36.1 Å². The van der Waals surface area contributed by atoms with Crippen LogP contribution >= 0.6 is 0 Å². The van der Waals surface area contributed by atoms with Crippen LogP contribution in [0.3, 0.4) is 0 Å². The van der Waals surface area contributed by atoms with Crippen LogP contribution < -0.4 is 5.32 Å². The fraction of sp³-hybridized carbons (Fsp3) is 0.381. The molecular formula is C21H27NO. The zero-order chi connectivity index (χ0) is 16.3. The number of carbonyl (C=O) groups excluding carboxylic acids is 1. The highest BCUT2D eigenvalue weighted by molar-refractivity contribution is 5.90. The lowest BCUT2D eigenvalue weighted by molar-refractivity contribution is -0.116. The summed E-state index contributed by atoms with van der Waals surface area (Å²) in [5.74, 6) is 0.123. The number of anilines is 1. The van der Waals surface area contributed by atoms with E-state index in [0.717, 1.165) is 24.9 Å². The molecule has 0 spiro atoms. The van der Waals surface area contributed by atoms with Crippen LogP contribution in [-0.2, 0) is 11.2 Å². The molecule has 0 aromatic heterocycles. The van der Waals surface area contributed by atoms with Gasteiger partial charge in [-0.15, -0.1) is 0 Å². The molecule has 0 aliphatic rings. The quantitative estimate of drug-likeness (QED) is 0.602. The van der Waals surface area contributed by atoms with E-state index in [9.17, 15) is 4.79 Å². The second-order valence-electron chi connectivity index (χ2n) is 6.07. The largest absolute Gasteiger partial charge is 0.326 e. The molecule has 1 N–H and O–H groups in total. The Kier molecular flexibility index (Phi) is 7.38. The molecule has 0 saturated heterocycles. The van der Waals surface area contributed by atoms with Crippen LogP contribution in [0.1, 0.15) is 56.6 Å². The van der Waals surface area contributed by atoms with Crippen molar-refractivity contribution in [1.29, 1.82) is 0 Å². The maximum atomic E-state index is 11.9. The van der Waals surface area contributed by atoms with Gasteiger partial charge in [0.15, 0.2) is 0 Å². The smallest absolute Gasteiger partial charge is 0.224 e. The molecule has 1 amide bonds. The van der Waals surface area contributed by atoms with Crippen molar-refractivity contribution in [3.05, 3.63) is 65.7 Å². The average Bonchev–Trinajstić information content (AvgIpc) is 2.57. The van der Waals surface area contributed by atoms with Crippen LogP contribution in [0.15, 0.2) is 54.6 Å². The molecule has 0 aliphatic heterocycles. The summed E-state index contributed by atoms with van der Waals surface area (Å²) < 4.78 is 0. The summed E-state index contributed by atoms with van der Waals surface area (Å²) in [6, 6.07) is 18.6. The second-order valence-corrected chi connectivity index (χ2v) is 6.07. The molecule has 0 unspecified atom stereocenters. The van der Waals surface area contributed by atoms with Crippen molar-refractivity contribution in [3.63, 3.8) is 0 Å². The van der Waals surface area contributed by atoms with E-state index in [4.69, 9.17) is 0 Å². The molecule has 0 fully saturated rings. The van der Waals surface area contributed by atoms with Crippen LogP contribution in [0, 0.1) is 0 Å². The van der Waals surface area contributed by atoms with Gasteiger partial charge in [0.2, 0.25) is 5.91 Å². The monoisotopic (exact) mass is 309 g/mol. The van der Waals surface area contributed by atoms with Gasteiger partial charge in [-0.2, -0.15) is 0 Å². The standard InChI is InChI=1S/C21H27NO/c1-2-3-4-5-9-12-21(23)22-20-15-13-19(14-16-20)17-18-10-7-6-8-11-18/h6-8,10-11,13-16H,2-5,9,12,17H2,1H3,(H,22,23). The van der Waals surface area contributed by atoms with Crippen molar-refractivity contribution in [2.75, 3.05) is 5.32 Å². The van der Waals surface area contributed by atoms with E-state index in [1.54, 1.807) is 0 Å². The first-order valence-electron chi connectivity index (χ1n) is 8.70. The molecule has 2 aromatic rings. The van der Waals surface area contributed by atoms with E-state index in [1.807, 2.05) is 18.2 Å². The molecule has 0 bridgehead atoms. The van der Waals surface area contributed by atoms with Gasteiger partial charge in [-0.25, -0.2) is 0 Å². The van der Waals surface area contributed by atoms with Crippen molar-refractivity contribution >= 4 is 11.6 Å². The fourth-order valence-electron chi connectivity index (χ4n) is 2.65. The molecule has 2 nitrogen and oxygen atoms in total. The maximum Gasteiger partial charge on any atom is 0.224 e. The van der Waals surface area contributed by atoms with Gasteiger partial charge in [-0.1, -0.05) is 75.1 Å². The summed E-state index contributed by atoms with van der Waals surface area (Å²) in [5.41, 5.74) is 3.45. The zero-order valence-corrected chi connectivity index (χ0v) is 14.1. The molecule has 2 aromatic carbocycles. The highest BCUT2D eigenvalue weighted by Crippen LogP contribution is 2.14. The molecule has 0 atom stereocenters. The Hall–Kier alpha value is -2.09. The van der Waals surface area contributed by atoms with Crippen molar-refractivity contribution in [2.45, 2.75) is 51.9 Å². The van der Waals surface area contributed by atoms with Crippen LogP contribution in [0.25, 0.3) is 0 Å². The first kappa shape index (κ1) is 17.3. The molecule has 122 valence electrons. The molecule has 2 rings (SSSR count). The van der Waals surface area contributed by atoms with E-state index in [0.29, 0.717) is 6.42 Å². The van der Waals surface area contributed by atoms with Gasteiger partial charge in [0.05, 0.1) is 0 Å². The summed E-state index contributed by atoms with van der Waals surface area (Å²) in [6.45, 7) is 2.20. The number of rotatable bonds is 9. The Bertz CT molecular complexity index is 575. The number of unbranched alkanes of at least 4 members (excludes halogenated alkanes) is 4. The second kappa shape index (κ2) is 9.83. The summed E-state index contributed by atoms with van der Waals surface area (Å²) in [6.07, 6.45) is 7.42. The first-order chi connectivity index (χ1) is 11.3. The Morgan fingerprint density at radius 2 is 1.48 bits per heavy atom. The Balaban J connectivity index is 1.75. The Morgan fingerprint density at radius 3 is 2.17 bits per heavy atom. The van der Waals surface area contributed by atoms with Gasteiger partial charge in [0.25, 0.3) is 0 Å². The first-order valence-corrected chi connectivity index (χ1v) is 8.70. The molecule has 2 heteroatoms. The van der Waals surface area contributed by atoms with E-state index >= 15 is 0 Å². The van der Waals surface area contributed by atoms with E-state index in [2.05, 4.69) is 48.6 Å². The number of carbonyl (C=O) groups is 1. The lowest BCUT2D eigenvalue weighted by atomic mass is 10.0. The highest BCUT2D eigenvalue weighted by Gasteiger charge is 2.03. The summed E-state index contributed by atoms with van der Waals surface area (Å²) in [5, 5.41) is 2.98. The van der Waals surface area contributed by atoms with Crippen LogP contribution in [0.2, 0.25) is 0 Å². The lowest BCUT2D eigenvalue weighted by Crippen LogP contribution is -2.11. The molecular weight excluding hydrogens is 282 g/mol. The zero-order valence-electron chi connectivity index (χ0n) is 14.1. The molecule has 0 aliphatic carbocycles. The van der Waals surface area contributed by atoms with Gasteiger partial charge < -0.3 is 5.32 Å². The number of amides is 1. The van der Waals surface area contributed by atoms with Gasteiger partial charge in [0, 0.05) is 12.1 Å². The third-order valence-electron chi connectivity index (χ3n) is 4.00. The minimum atomic E-state index is 0.123. The summed E-state index contributed by atoms with van der Waals surface area (Å²) in [4.78, 5) is 11.9. The summed E-state index contributed by atoms with van der Waals surface area (Å²) >= 11 is 0. The van der Waals surface area contributed by atoms with Crippen molar-refractivity contribution < 1.29 is 4.79 Å². The van der Waals surface area contributed by atoms with Crippen molar-refractivity contribution in [3.8, 4) is 0 Å². The van der Waals surface area contributed by atoms with E-state index in [1.165, 1.54) is 30.4 Å². The Labute approximate surface area is 139 Å². The fourth-order valence-corrected chi connectivity index (χ4v) is 2.65. The number of benzene rings is 2. The van der Waals surface area contributed by atoms with Crippen LogP contribution in [-0.4, -0.2) is 5.91 Å². The third-order valence-corrected chi connectivity index (χ3v) is 4.00. The topological polar surface area (TPSA) is 29.1 Å². The van der Waals surface area contributed by atoms with Gasteiger partial charge in [0.1, 0.15) is 0 Å². The van der Waals surface area contributed by atoms with Gasteiger partial charge in [-0.3, -0.25) is 4.79 Å². The van der Waals surface area contributed by atoms with Crippen LogP contribution in [0.4, 0.5) is 5.69 Å². The predicted octanol–water partition coefficient (Wildman–Crippen LogP) is 5.58. The number of nitrogens with one attached hydrogen (secondary N) is 1.